The van der Waals surface area contributed by atoms with Gasteiger partial charge in [-0.05, 0) is 48.5 Å². The Morgan fingerprint density at radius 3 is 2.28 bits per heavy atom. The fourth-order valence-electron chi connectivity index (χ4n) is 3.68. The van der Waals surface area contributed by atoms with Crippen molar-refractivity contribution in [2.45, 2.75) is 12.1 Å². The maximum absolute atomic E-state index is 12.9. The molecule has 2 amide bonds. The van der Waals surface area contributed by atoms with Crippen LogP contribution in [0.5, 0.6) is 0 Å². The molecule has 32 heavy (non-hydrogen) atoms. The third-order valence-electron chi connectivity index (χ3n) is 5.37. The summed E-state index contributed by atoms with van der Waals surface area (Å²) in [4.78, 5) is 27.8. The van der Waals surface area contributed by atoms with Crippen LogP contribution in [0.3, 0.4) is 0 Å². The van der Waals surface area contributed by atoms with Crippen molar-refractivity contribution in [3.05, 3.63) is 101 Å². The maximum atomic E-state index is 12.9. The predicted molar refractivity (Wildman–Crippen MR) is 126 cm³/mol. The summed E-state index contributed by atoms with van der Waals surface area (Å²) >= 11 is 5.93. The van der Waals surface area contributed by atoms with E-state index in [1.165, 1.54) is 0 Å². The number of hydrogen-bond donors (Lipinski definition) is 2. The number of benzene rings is 3. The van der Waals surface area contributed by atoms with Gasteiger partial charge in [-0.2, -0.15) is 0 Å². The lowest BCUT2D eigenvalue weighted by Gasteiger charge is -2.15. The van der Waals surface area contributed by atoms with Crippen LogP contribution >= 0.6 is 11.6 Å². The van der Waals surface area contributed by atoms with E-state index in [9.17, 15) is 9.59 Å². The number of nitrogens with one attached hydrogen (secondary N) is 2. The Bertz CT molecular complexity index is 1140. The molecule has 0 aliphatic carbocycles. The van der Waals surface area contributed by atoms with Gasteiger partial charge in [0.1, 0.15) is 0 Å². The second-order valence-corrected chi connectivity index (χ2v) is 8.25. The van der Waals surface area contributed by atoms with E-state index in [0.29, 0.717) is 10.6 Å². The second-order valence-electron chi connectivity index (χ2n) is 7.81. The van der Waals surface area contributed by atoms with Gasteiger partial charge < -0.3 is 10.2 Å². The Balaban J connectivity index is 1.66. The van der Waals surface area contributed by atoms with Crippen molar-refractivity contribution in [3.63, 3.8) is 0 Å². The number of anilines is 1. The first-order valence-electron chi connectivity index (χ1n) is 10.2. The van der Waals surface area contributed by atoms with E-state index in [1.54, 1.807) is 28.9 Å². The highest BCUT2D eigenvalue weighted by Crippen LogP contribution is 2.25. The van der Waals surface area contributed by atoms with Crippen molar-refractivity contribution in [3.8, 4) is 0 Å². The van der Waals surface area contributed by atoms with E-state index in [1.807, 2.05) is 79.8 Å². The zero-order chi connectivity index (χ0) is 22.7. The largest absolute Gasteiger partial charge is 0.378 e. The monoisotopic (exact) mass is 447 g/mol. The molecule has 2 N–H and O–H groups in total. The zero-order valence-electron chi connectivity index (χ0n) is 17.8. The lowest BCUT2D eigenvalue weighted by molar-refractivity contribution is -0.596. The van der Waals surface area contributed by atoms with Crippen LogP contribution < -0.4 is 15.6 Å². The van der Waals surface area contributed by atoms with Gasteiger partial charge in [-0.3, -0.25) is 9.59 Å². The fraction of sp³-hybridized carbons (Fsp3) is 0.160. The minimum atomic E-state index is -0.766. The molecule has 0 spiro atoms. The smallest absolute Gasteiger partial charge is 0.304 e. The van der Waals surface area contributed by atoms with E-state index in [4.69, 9.17) is 11.6 Å². The van der Waals surface area contributed by atoms with Crippen LogP contribution in [-0.4, -0.2) is 42.9 Å². The van der Waals surface area contributed by atoms with Crippen molar-refractivity contribution >= 4 is 35.3 Å². The van der Waals surface area contributed by atoms with Gasteiger partial charge in [0, 0.05) is 41.5 Å². The first kappa shape index (κ1) is 21.6. The van der Waals surface area contributed by atoms with Crippen LogP contribution in [0.2, 0.25) is 5.02 Å². The minimum Gasteiger partial charge on any atom is -0.378 e. The van der Waals surface area contributed by atoms with Crippen molar-refractivity contribution in [2.24, 2.45) is 0 Å². The molecular weight excluding hydrogens is 424 g/mol. The number of hydrazone groups is 1. The molecule has 3 aromatic carbocycles. The summed E-state index contributed by atoms with van der Waals surface area (Å²) < 4.78 is 1.76. The molecule has 1 aliphatic rings. The Labute approximate surface area is 192 Å². The molecule has 0 radical (unpaired) electrons. The van der Waals surface area contributed by atoms with Crippen molar-refractivity contribution < 1.29 is 14.3 Å². The summed E-state index contributed by atoms with van der Waals surface area (Å²) in [6.45, 7) is 0. The van der Waals surface area contributed by atoms with Gasteiger partial charge in [0.2, 0.25) is 12.3 Å². The Kier molecular flexibility index (Phi) is 6.23. The number of nitrogens with zero attached hydrogens (tertiary/aromatic N) is 2. The molecule has 1 saturated heterocycles. The topological polar surface area (TPSA) is 64.5 Å². The molecule has 2 atom stereocenters. The molecule has 0 bridgehead atoms. The van der Waals surface area contributed by atoms with E-state index in [0.717, 1.165) is 16.8 Å². The normalized spacial score (nSPS) is 19.0. The van der Waals surface area contributed by atoms with Crippen molar-refractivity contribution in [1.82, 2.24) is 10.7 Å². The van der Waals surface area contributed by atoms with E-state index in [-0.39, 0.29) is 11.8 Å². The number of amides is 2. The van der Waals surface area contributed by atoms with Gasteiger partial charge in [-0.1, -0.05) is 41.9 Å². The summed E-state index contributed by atoms with van der Waals surface area (Å²) in [6.07, 6.45) is 1.88. The third-order valence-corrected chi connectivity index (χ3v) is 5.62. The quantitative estimate of drug-likeness (QED) is 0.589. The standard InChI is InChI=1S/C25H23ClN4O2/c1-29(2)21-14-8-17(9-15-21)16-30-23(18-6-4-3-5-7-18)22(25(32)28-30)27-24(31)19-10-12-20(26)13-11-19/h3-16,22-23H,1-2H3,(H-,27,28,31,32)/p+1/t22-,23-/m0/s1. The summed E-state index contributed by atoms with van der Waals surface area (Å²) in [5, 5.41) is 3.44. The highest BCUT2D eigenvalue weighted by atomic mass is 35.5. The highest BCUT2D eigenvalue weighted by Gasteiger charge is 2.47. The molecule has 0 saturated carbocycles. The molecular formula is C25H24ClN4O2+. The first-order chi connectivity index (χ1) is 15.4. The van der Waals surface area contributed by atoms with Crippen molar-refractivity contribution in [2.75, 3.05) is 19.0 Å². The van der Waals surface area contributed by atoms with Crippen LogP contribution in [0.1, 0.15) is 27.5 Å². The van der Waals surface area contributed by atoms with Crippen LogP contribution in [0, 0.1) is 0 Å². The Morgan fingerprint density at radius 1 is 1.00 bits per heavy atom. The van der Waals surface area contributed by atoms with E-state index < -0.39 is 12.1 Å². The molecule has 0 aromatic heterocycles. The number of carbonyl (C=O) groups is 2. The van der Waals surface area contributed by atoms with Crippen molar-refractivity contribution in [1.29, 1.82) is 0 Å². The molecule has 4 rings (SSSR count). The molecule has 1 aliphatic heterocycles. The number of hydrogen-bond acceptors (Lipinski definition) is 3. The average molecular weight is 448 g/mol. The molecule has 1 fully saturated rings. The lowest BCUT2D eigenvalue weighted by Crippen LogP contribution is -2.42. The first-order valence-corrected chi connectivity index (χ1v) is 10.6. The zero-order valence-corrected chi connectivity index (χ0v) is 18.6. The third kappa shape index (κ3) is 4.65. The van der Waals surface area contributed by atoms with Gasteiger partial charge in [0.05, 0.1) is 0 Å². The molecule has 0 unspecified atom stereocenters. The summed E-state index contributed by atoms with van der Waals surface area (Å²) in [6, 6.07) is 23.1. The Morgan fingerprint density at radius 2 is 1.66 bits per heavy atom. The summed E-state index contributed by atoms with van der Waals surface area (Å²) in [7, 11) is 3.97. The van der Waals surface area contributed by atoms with Gasteiger partial charge in [-0.25, -0.2) is 0 Å². The maximum Gasteiger partial charge on any atom is 0.304 e. The van der Waals surface area contributed by atoms with Gasteiger partial charge in [0.15, 0.2) is 6.04 Å². The minimum absolute atomic E-state index is 0.276. The highest BCUT2D eigenvalue weighted by molar-refractivity contribution is 6.30. The van der Waals surface area contributed by atoms with Crippen LogP contribution in [0.15, 0.2) is 78.9 Å². The number of carbonyl (C=O) groups excluding carboxylic acids is 2. The van der Waals surface area contributed by atoms with Crippen LogP contribution in [0.4, 0.5) is 5.69 Å². The number of halogens is 1. The second kappa shape index (κ2) is 9.24. The van der Waals surface area contributed by atoms with Gasteiger partial charge in [-0.15, -0.1) is 10.1 Å². The van der Waals surface area contributed by atoms with Gasteiger partial charge in [0.25, 0.3) is 5.91 Å². The molecule has 1 heterocycles. The fourth-order valence-corrected chi connectivity index (χ4v) is 3.80. The molecule has 6 nitrogen and oxygen atoms in total. The molecule has 162 valence electrons. The average Bonchev–Trinajstić information content (AvgIpc) is 3.09. The molecule has 7 heteroatoms. The number of hydrazine groups is 1. The van der Waals surface area contributed by atoms with E-state index in [2.05, 4.69) is 10.7 Å². The Hall–Kier alpha value is -3.64. The summed E-state index contributed by atoms with van der Waals surface area (Å²) in [5.41, 5.74) is 6.26. The lowest BCUT2D eigenvalue weighted by atomic mass is 10.00. The summed E-state index contributed by atoms with van der Waals surface area (Å²) in [5.74, 6) is -0.609. The van der Waals surface area contributed by atoms with E-state index >= 15 is 0 Å². The SMILES string of the molecule is CN(C)c1ccc(/C=[N+]2\NC(=O)[C@@H](NC(=O)c3ccc(Cl)cc3)[C@@H]2c2ccccc2)cc1. The van der Waals surface area contributed by atoms with Crippen LogP contribution in [0.25, 0.3) is 0 Å². The molecule has 3 aromatic rings. The number of rotatable bonds is 5. The van der Waals surface area contributed by atoms with Crippen LogP contribution in [-0.2, 0) is 4.79 Å². The predicted octanol–water partition coefficient (Wildman–Crippen LogP) is 3.42. The van der Waals surface area contributed by atoms with Gasteiger partial charge >= 0.3 is 5.91 Å².